The van der Waals surface area contributed by atoms with E-state index in [0.717, 1.165) is 11.1 Å². The van der Waals surface area contributed by atoms with E-state index in [2.05, 4.69) is 4.98 Å². The van der Waals surface area contributed by atoms with Crippen LogP contribution in [0.15, 0.2) is 42.5 Å². The predicted molar refractivity (Wildman–Crippen MR) is 102 cm³/mol. The topological polar surface area (TPSA) is 124 Å². The van der Waals surface area contributed by atoms with Gasteiger partial charge >= 0.3 is 0 Å². The normalized spacial score (nSPS) is 11.9. The number of aryl methyl sites for hydroxylation is 1. The van der Waals surface area contributed by atoms with Gasteiger partial charge in [0.15, 0.2) is 11.5 Å². The second-order valence-electron chi connectivity index (χ2n) is 6.22. The Balaban J connectivity index is 2.02. The molecule has 0 amide bonds. The number of nitro groups is 1. The molecule has 1 aromatic heterocycles. The first-order valence-electron chi connectivity index (χ1n) is 8.34. The van der Waals surface area contributed by atoms with Gasteiger partial charge in [0.1, 0.15) is 17.5 Å². The van der Waals surface area contributed by atoms with Crippen molar-refractivity contribution < 1.29 is 14.4 Å². The number of benzene rings is 2. The van der Waals surface area contributed by atoms with E-state index in [9.17, 15) is 15.4 Å². The number of anilines is 1. The Morgan fingerprint density at radius 3 is 2.54 bits per heavy atom. The zero-order valence-corrected chi connectivity index (χ0v) is 14.8. The molecule has 138 valence electrons. The van der Waals surface area contributed by atoms with Crippen LogP contribution < -0.4 is 15.2 Å². The summed E-state index contributed by atoms with van der Waals surface area (Å²) in [4.78, 5) is 15.5. The number of rotatable bonds is 3. The van der Waals surface area contributed by atoms with Crippen LogP contribution in [0.3, 0.4) is 0 Å². The maximum Gasteiger partial charge on any atom is 0.281 e. The number of aromatic nitrogens is 1. The van der Waals surface area contributed by atoms with Crippen molar-refractivity contribution in [2.75, 3.05) is 12.5 Å². The highest BCUT2D eigenvalue weighted by atomic mass is 16.7. The number of hydrogen-bond acceptors (Lipinski definition) is 7. The van der Waals surface area contributed by atoms with Crippen LogP contribution in [0.5, 0.6) is 11.5 Å². The molecule has 0 saturated carbocycles. The first-order valence-corrected chi connectivity index (χ1v) is 8.34. The summed E-state index contributed by atoms with van der Waals surface area (Å²) in [5, 5.41) is 21.3. The minimum Gasteiger partial charge on any atom is -0.454 e. The molecule has 0 unspecified atom stereocenters. The number of fused-ring (bicyclic) bond motifs is 1. The highest BCUT2D eigenvalue weighted by Crippen LogP contribution is 2.44. The van der Waals surface area contributed by atoms with Gasteiger partial charge in [-0.2, -0.15) is 5.26 Å². The van der Waals surface area contributed by atoms with Gasteiger partial charge in [-0.15, -0.1) is 0 Å². The van der Waals surface area contributed by atoms with Crippen molar-refractivity contribution in [1.82, 2.24) is 4.98 Å². The summed E-state index contributed by atoms with van der Waals surface area (Å²) in [5.41, 5.74) is 8.74. The summed E-state index contributed by atoms with van der Waals surface area (Å²) < 4.78 is 10.6. The van der Waals surface area contributed by atoms with Gasteiger partial charge in [-0.25, -0.2) is 4.98 Å². The van der Waals surface area contributed by atoms with Crippen LogP contribution in [-0.4, -0.2) is 16.7 Å². The predicted octanol–water partition coefficient (Wildman–Crippen LogP) is 3.81. The van der Waals surface area contributed by atoms with Gasteiger partial charge in [-0.05, 0) is 24.6 Å². The Hall–Kier alpha value is -4.12. The molecule has 8 heteroatoms. The van der Waals surface area contributed by atoms with Gasteiger partial charge in [0.05, 0.1) is 22.2 Å². The second kappa shape index (κ2) is 6.55. The number of pyridine rings is 1. The van der Waals surface area contributed by atoms with Crippen molar-refractivity contribution >= 4 is 11.5 Å². The zero-order chi connectivity index (χ0) is 19.8. The molecule has 0 aliphatic carbocycles. The molecular formula is C20H14N4O4. The smallest absolute Gasteiger partial charge is 0.281 e. The standard InChI is InChI=1S/C20H14N4O4/c1-11-4-2-3-5-12(11)16-6-13(15(9-21)20(22)23-16)14-7-18-19(28-10-27-18)8-17(14)24(25)26/h2-8H,10H2,1H3,(H2,22,23). The summed E-state index contributed by atoms with van der Waals surface area (Å²) in [6, 6.07) is 14.0. The Labute approximate surface area is 159 Å². The highest BCUT2D eigenvalue weighted by Gasteiger charge is 2.27. The molecule has 0 spiro atoms. The van der Waals surface area contributed by atoms with Gasteiger partial charge in [-0.3, -0.25) is 10.1 Å². The molecule has 2 heterocycles. The van der Waals surface area contributed by atoms with Crippen molar-refractivity contribution in [2.45, 2.75) is 6.92 Å². The number of nitrogens with two attached hydrogens (primary N) is 1. The van der Waals surface area contributed by atoms with Gasteiger partial charge in [0, 0.05) is 11.1 Å². The van der Waals surface area contributed by atoms with Crippen LogP contribution in [-0.2, 0) is 0 Å². The SMILES string of the molecule is Cc1ccccc1-c1cc(-c2cc3c(cc2[N+](=O)[O-])OCO3)c(C#N)c(N)n1. The van der Waals surface area contributed by atoms with E-state index in [0.29, 0.717) is 17.0 Å². The van der Waals surface area contributed by atoms with E-state index in [4.69, 9.17) is 15.2 Å². The molecule has 4 rings (SSSR count). The molecule has 2 aromatic carbocycles. The van der Waals surface area contributed by atoms with Gasteiger partial charge < -0.3 is 15.2 Å². The van der Waals surface area contributed by atoms with Crippen LogP contribution in [0.4, 0.5) is 11.5 Å². The maximum absolute atomic E-state index is 11.7. The lowest BCUT2D eigenvalue weighted by molar-refractivity contribution is -0.384. The molecule has 0 bridgehead atoms. The molecule has 28 heavy (non-hydrogen) atoms. The lowest BCUT2D eigenvalue weighted by atomic mass is 9.95. The third kappa shape index (κ3) is 2.75. The third-order valence-electron chi connectivity index (χ3n) is 4.56. The summed E-state index contributed by atoms with van der Waals surface area (Å²) in [5.74, 6) is 0.664. The molecule has 2 N–H and O–H groups in total. The van der Waals surface area contributed by atoms with Crippen molar-refractivity contribution in [3.05, 3.63) is 63.7 Å². The fourth-order valence-corrected chi connectivity index (χ4v) is 3.19. The van der Waals surface area contributed by atoms with E-state index in [1.807, 2.05) is 37.3 Å². The van der Waals surface area contributed by atoms with Crippen molar-refractivity contribution in [3.63, 3.8) is 0 Å². The fraction of sp³-hybridized carbons (Fsp3) is 0.100. The summed E-state index contributed by atoms with van der Waals surface area (Å²) in [7, 11) is 0. The van der Waals surface area contributed by atoms with E-state index in [1.54, 1.807) is 6.07 Å². The van der Waals surface area contributed by atoms with E-state index in [1.165, 1.54) is 12.1 Å². The average Bonchev–Trinajstić information content (AvgIpc) is 3.14. The molecular weight excluding hydrogens is 360 g/mol. The number of nitrogens with zero attached hydrogens (tertiary/aromatic N) is 3. The van der Waals surface area contributed by atoms with Crippen LogP contribution in [0, 0.1) is 28.4 Å². The first-order chi connectivity index (χ1) is 13.5. The summed E-state index contributed by atoms with van der Waals surface area (Å²) in [6.07, 6.45) is 0. The Morgan fingerprint density at radius 2 is 1.86 bits per heavy atom. The number of nitriles is 1. The molecule has 0 fully saturated rings. The van der Waals surface area contributed by atoms with E-state index < -0.39 is 4.92 Å². The molecule has 1 aliphatic heterocycles. The zero-order valence-electron chi connectivity index (χ0n) is 14.8. The lowest BCUT2D eigenvalue weighted by Gasteiger charge is -2.12. The third-order valence-corrected chi connectivity index (χ3v) is 4.56. The molecule has 3 aromatic rings. The Morgan fingerprint density at radius 1 is 1.14 bits per heavy atom. The van der Waals surface area contributed by atoms with Crippen molar-refractivity contribution in [3.8, 4) is 40.0 Å². The maximum atomic E-state index is 11.7. The first kappa shape index (κ1) is 17.3. The van der Waals surface area contributed by atoms with E-state index in [-0.39, 0.29) is 35.2 Å². The number of hydrogen-bond donors (Lipinski definition) is 1. The minimum atomic E-state index is -0.525. The summed E-state index contributed by atoms with van der Waals surface area (Å²) >= 11 is 0. The van der Waals surface area contributed by atoms with Crippen LogP contribution in [0.2, 0.25) is 0 Å². The van der Waals surface area contributed by atoms with Crippen molar-refractivity contribution in [1.29, 1.82) is 5.26 Å². The molecule has 0 saturated heterocycles. The largest absolute Gasteiger partial charge is 0.454 e. The van der Waals surface area contributed by atoms with Gasteiger partial charge in [-0.1, -0.05) is 24.3 Å². The van der Waals surface area contributed by atoms with Crippen LogP contribution in [0.25, 0.3) is 22.4 Å². The highest BCUT2D eigenvalue weighted by molar-refractivity contribution is 5.86. The second-order valence-corrected chi connectivity index (χ2v) is 6.22. The Bertz CT molecular complexity index is 1170. The number of ether oxygens (including phenoxy) is 2. The van der Waals surface area contributed by atoms with Crippen LogP contribution in [0.1, 0.15) is 11.1 Å². The molecule has 8 nitrogen and oxygen atoms in total. The summed E-state index contributed by atoms with van der Waals surface area (Å²) in [6.45, 7) is 1.90. The van der Waals surface area contributed by atoms with E-state index >= 15 is 0 Å². The molecule has 0 atom stereocenters. The van der Waals surface area contributed by atoms with Gasteiger partial charge in [0.25, 0.3) is 5.69 Å². The molecule has 1 aliphatic rings. The van der Waals surface area contributed by atoms with Crippen LogP contribution >= 0.6 is 0 Å². The van der Waals surface area contributed by atoms with Gasteiger partial charge in [0.2, 0.25) is 6.79 Å². The number of nitrogen functional groups attached to an aromatic ring is 1. The number of nitro benzene ring substituents is 1. The minimum absolute atomic E-state index is 0.00483. The average molecular weight is 374 g/mol. The fourth-order valence-electron chi connectivity index (χ4n) is 3.19. The molecule has 0 radical (unpaired) electrons. The Kier molecular flexibility index (Phi) is 4.05. The monoisotopic (exact) mass is 374 g/mol. The quantitative estimate of drug-likeness (QED) is 0.546. The van der Waals surface area contributed by atoms with Crippen molar-refractivity contribution in [2.24, 2.45) is 0 Å². The lowest BCUT2D eigenvalue weighted by Crippen LogP contribution is -2.02.